The molecule has 0 atom stereocenters. The molecule has 0 aliphatic rings. The zero-order valence-corrected chi connectivity index (χ0v) is 8.19. The van der Waals surface area contributed by atoms with Crippen LogP contribution in [0.3, 0.4) is 0 Å². The van der Waals surface area contributed by atoms with E-state index in [4.69, 9.17) is 9.15 Å². The van der Waals surface area contributed by atoms with Crippen LogP contribution >= 0.6 is 0 Å². The molecule has 1 heterocycles. The van der Waals surface area contributed by atoms with Gasteiger partial charge in [-0.1, -0.05) is 0 Å². The van der Waals surface area contributed by atoms with Gasteiger partial charge in [-0.25, -0.2) is 4.79 Å². The Labute approximate surface area is 85.7 Å². The van der Waals surface area contributed by atoms with Crippen molar-refractivity contribution in [2.24, 2.45) is 0 Å². The maximum Gasteiger partial charge on any atom is 0.339 e. The fourth-order valence-corrected chi connectivity index (χ4v) is 1.40. The van der Waals surface area contributed by atoms with Gasteiger partial charge in [0, 0.05) is 6.07 Å². The Morgan fingerprint density at radius 1 is 1.40 bits per heavy atom. The summed E-state index contributed by atoms with van der Waals surface area (Å²) in [6, 6.07) is 5.85. The molecular weight excluding hydrogens is 196 g/mol. The molecule has 1 aromatic carbocycles. The van der Waals surface area contributed by atoms with E-state index in [0.29, 0.717) is 23.3 Å². The predicted molar refractivity (Wildman–Crippen MR) is 55.3 cm³/mol. The molecule has 15 heavy (non-hydrogen) atoms. The van der Waals surface area contributed by atoms with Crippen molar-refractivity contribution < 1.29 is 14.3 Å². The van der Waals surface area contributed by atoms with Gasteiger partial charge in [-0.05, 0) is 19.1 Å². The summed E-state index contributed by atoms with van der Waals surface area (Å²) in [4.78, 5) is 11.2. The Bertz CT molecular complexity index is 542. The van der Waals surface area contributed by atoms with Gasteiger partial charge in [0.2, 0.25) is 0 Å². The average molecular weight is 206 g/mol. The molecule has 4 heteroatoms. The highest BCUT2D eigenvalue weighted by atomic mass is 16.5. The van der Waals surface area contributed by atoms with Gasteiger partial charge in [-0.15, -0.1) is 0 Å². The lowest BCUT2D eigenvalue weighted by molar-refractivity contribution is 0.341. The quantitative estimate of drug-likeness (QED) is 0.762. The van der Waals surface area contributed by atoms with Crippen LogP contribution in [0.4, 0.5) is 0 Å². The number of phenolic OH excluding ortho intramolecular Hbond substituents is 1. The largest absolute Gasteiger partial charge is 0.508 e. The fraction of sp³-hybridized carbons (Fsp3) is 0.182. The first-order valence-corrected chi connectivity index (χ1v) is 4.60. The van der Waals surface area contributed by atoms with Crippen LogP contribution < -0.4 is 10.4 Å². The molecule has 2 aromatic rings. The van der Waals surface area contributed by atoms with Crippen LogP contribution in [0.15, 0.2) is 33.5 Å². The second-order valence-corrected chi connectivity index (χ2v) is 3.04. The third-order valence-corrected chi connectivity index (χ3v) is 1.99. The minimum Gasteiger partial charge on any atom is -0.508 e. The summed E-state index contributed by atoms with van der Waals surface area (Å²) in [7, 11) is 0. The van der Waals surface area contributed by atoms with Crippen LogP contribution in [-0.4, -0.2) is 11.7 Å². The van der Waals surface area contributed by atoms with E-state index in [1.807, 2.05) is 6.92 Å². The summed E-state index contributed by atoms with van der Waals surface area (Å²) in [5.41, 5.74) is -0.164. The van der Waals surface area contributed by atoms with E-state index in [1.165, 1.54) is 18.2 Å². The van der Waals surface area contributed by atoms with E-state index in [9.17, 15) is 9.90 Å². The number of phenols is 1. The molecule has 0 bridgehead atoms. The molecule has 0 aliphatic carbocycles. The highest BCUT2D eigenvalue weighted by Gasteiger charge is 2.06. The van der Waals surface area contributed by atoms with E-state index >= 15 is 0 Å². The maximum atomic E-state index is 11.2. The van der Waals surface area contributed by atoms with Crippen molar-refractivity contribution in [3.63, 3.8) is 0 Å². The normalized spacial score (nSPS) is 10.5. The third kappa shape index (κ3) is 1.79. The summed E-state index contributed by atoms with van der Waals surface area (Å²) < 4.78 is 10.2. The lowest BCUT2D eigenvalue weighted by Crippen LogP contribution is -2.00. The van der Waals surface area contributed by atoms with Crippen LogP contribution in [0.25, 0.3) is 11.0 Å². The number of rotatable bonds is 2. The van der Waals surface area contributed by atoms with Gasteiger partial charge in [0.25, 0.3) is 0 Å². The summed E-state index contributed by atoms with van der Waals surface area (Å²) in [6.45, 7) is 2.31. The number of aromatic hydroxyl groups is 1. The van der Waals surface area contributed by atoms with Crippen molar-refractivity contribution in [3.05, 3.63) is 34.7 Å². The van der Waals surface area contributed by atoms with E-state index < -0.39 is 5.63 Å². The van der Waals surface area contributed by atoms with Crippen molar-refractivity contribution in [3.8, 4) is 11.5 Å². The smallest absolute Gasteiger partial charge is 0.339 e. The predicted octanol–water partition coefficient (Wildman–Crippen LogP) is 1.90. The molecule has 0 fully saturated rings. The van der Waals surface area contributed by atoms with Crippen LogP contribution in [0.5, 0.6) is 11.5 Å². The minimum absolute atomic E-state index is 0.0549. The molecule has 2 rings (SSSR count). The zero-order valence-electron chi connectivity index (χ0n) is 8.19. The second-order valence-electron chi connectivity index (χ2n) is 3.04. The molecule has 0 unspecified atom stereocenters. The van der Waals surface area contributed by atoms with Crippen LogP contribution in [0, 0.1) is 0 Å². The molecule has 0 spiro atoms. The lowest BCUT2D eigenvalue weighted by Gasteiger charge is -2.05. The highest BCUT2D eigenvalue weighted by Crippen LogP contribution is 2.26. The first kappa shape index (κ1) is 9.58. The standard InChI is InChI=1S/C11H10O4/c1-2-14-9-6-11(13)15-10-5-7(12)3-4-8(9)10/h3-6,12H,2H2,1H3. The van der Waals surface area contributed by atoms with Crippen molar-refractivity contribution in [2.45, 2.75) is 6.92 Å². The van der Waals surface area contributed by atoms with Gasteiger partial charge < -0.3 is 14.3 Å². The number of hydrogen-bond donors (Lipinski definition) is 1. The second kappa shape index (κ2) is 3.65. The van der Waals surface area contributed by atoms with Crippen molar-refractivity contribution >= 4 is 11.0 Å². The average Bonchev–Trinajstić information content (AvgIpc) is 2.17. The number of ether oxygens (including phenoxy) is 1. The molecule has 0 aliphatic heterocycles. The monoisotopic (exact) mass is 206 g/mol. The number of hydrogen-bond acceptors (Lipinski definition) is 4. The van der Waals surface area contributed by atoms with Crippen LogP contribution in [0.2, 0.25) is 0 Å². The Hall–Kier alpha value is -1.97. The highest BCUT2D eigenvalue weighted by molar-refractivity contribution is 5.84. The van der Waals surface area contributed by atoms with Gasteiger partial charge in [-0.2, -0.15) is 0 Å². The van der Waals surface area contributed by atoms with E-state index in [0.717, 1.165) is 0 Å². The van der Waals surface area contributed by atoms with Crippen LogP contribution in [-0.2, 0) is 0 Å². The van der Waals surface area contributed by atoms with Crippen LogP contribution in [0.1, 0.15) is 6.92 Å². The van der Waals surface area contributed by atoms with Gasteiger partial charge in [0.1, 0.15) is 17.1 Å². The SMILES string of the molecule is CCOc1cc(=O)oc2cc(O)ccc12. The van der Waals surface area contributed by atoms with E-state index in [-0.39, 0.29) is 5.75 Å². The Kier molecular flexibility index (Phi) is 2.33. The molecule has 0 amide bonds. The lowest BCUT2D eigenvalue weighted by atomic mass is 10.2. The molecule has 0 radical (unpaired) electrons. The summed E-state index contributed by atoms with van der Waals surface area (Å²) >= 11 is 0. The van der Waals surface area contributed by atoms with Crippen molar-refractivity contribution in [1.29, 1.82) is 0 Å². The summed E-state index contributed by atoms with van der Waals surface area (Å²) in [5, 5.41) is 9.91. The maximum absolute atomic E-state index is 11.2. The third-order valence-electron chi connectivity index (χ3n) is 1.99. The molecular formula is C11H10O4. The molecule has 0 saturated carbocycles. The minimum atomic E-state index is -0.489. The molecule has 0 saturated heterocycles. The van der Waals surface area contributed by atoms with Crippen molar-refractivity contribution in [2.75, 3.05) is 6.61 Å². The van der Waals surface area contributed by atoms with Gasteiger partial charge in [0.15, 0.2) is 0 Å². The Morgan fingerprint density at radius 2 is 2.20 bits per heavy atom. The molecule has 1 N–H and O–H groups in total. The number of benzene rings is 1. The fourth-order valence-electron chi connectivity index (χ4n) is 1.40. The van der Waals surface area contributed by atoms with Gasteiger partial charge in [0.05, 0.1) is 18.1 Å². The summed E-state index contributed by atoms with van der Waals surface area (Å²) in [5.74, 6) is 0.531. The van der Waals surface area contributed by atoms with Gasteiger partial charge in [-0.3, -0.25) is 0 Å². The molecule has 78 valence electrons. The van der Waals surface area contributed by atoms with E-state index in [1.54, 1.807) is 6.07 Å². The van der Waals surface area contributed by atoms with Gasteiger partial charge >= 0.3 is 5.63 Å². The molecule has 4 nitrogen and oxygen atoms in total. The summed E-state index contributed by atoms with van der Waals surface area (Å²) in [6.07, 6.45) is 0. The number of fused-ring (bicyclic) bond motifs is 1. The zero-order chi connectivity index (χ0) is 10.8. The first-order valence-electron chi connectivity index (χ1n) is 4.60. The van der Waals surface area contributed by atoms with E-state index in [2.05, 4.69) is 0 Å². The Balaban J connectivity index is 2.74. The topological polar surface area (TPSA) is 59.7 Å². The molecule has 1 aromatic heterocycles. The Morgan fingerprint density at radius 3 is 2.93 bits per heavy atom. The first-order chi connectivity index (χ1) is 7.20. The van der Waals surface area contributed by atoms with Crippen molar-refractivity contribution in [1.82, 2.24) is 0 Å².